The highest BCUT2D eigenvalue weighted by Gasteiger charge is 2.38. The van der Waals surface area contributed by atoms with E-state index in [9.17, 15) is 9.59 Å². The Hall–Kier alpha value is -1.14. The molecule has 2 aliphatic heterocycles. The number of nitrogens with one attached hydrogen (secondary N) is 1. The van der Waals surface area contributed by atoms with Crippen LogP contribution in [0.5, 0.6) is 0 Å². The van der Waals surface area contributed by atoms with Crippen LogP contribution in [0, 0.1) is 5.92 Å². The molecule has 0 saturated carbocycles. The second-order valence-electron chi connectivity index (χ2n) is 5.32. The quantitative estimate of drug-likeness (QED) is 0.756. The molecule has 2 unspecified atom stereocenters. The van der Waals surface area contributed by atoms with Crippen molar-refractivity contribution in [2.45, 2.75) is 38.3 Å². The van der Waals surface area contributed by atoms with Gasteiger partial charge in [0.1, 0.15) is 6.61 Å². The number of rotatable bonds is 4. The summed E-state index contributed by atoms with van der Waals surface area (Å²) in [5, 5.41) is 12.3. The maximum atomic E-state index is 12.1. The van der Waals surface area contributed by atoms with Crippen molar-refractivity contribution in [1.82, 2.24) is 10.2 Å². The number of carboxylic acids is 1. The molecule has 2 saturated heterocycles. The van der Waals surface area contributed by atoms with Crippen LogP contribution in [0.3, 0.4) is 0 Å². The van der Waals surface area contributed by atoms with Gasteiger partial charge in [0.05, 0.1) is 12.0 Å². The van der Waals surface area contributed by atoms with Crippen LogP contribution < -0.4 is 5.32 Å². The van der Waals surface area contributed by atoms with Crippen molar-refractivity contribution in [3.05, 3.63) is 0 Å². The summed E-state index contributed by atoms with van der Waals surface area (Å²) in [6, 6.07) is -0.235. The van der Waals surface area contributed by atoms with Gasteiger partial charge in [-0.2, -0.15) is 0 Å². The smallest absolute Gasteiger partial charge is 0.308 e. The third kappa shape index (κ3) is 3.45. The van der Waals surface area contributed by atoms with Crippen LogP contribution in [0.15, 0.2) is 0 Å². The lowest BCUT2D eigenvalue weighted by Crippen LogP contribution is -2.41. The first-order valence-electron chi connectivity index (χ1n) is 6.94. The lowest BCUT2D eigenvalue weighted by molar-refractivity contribution is -0.144. The zero-order valence-corrected chi connectivity index (χ0v) is 11.3. The van der Waals surface area contributed by atoms with Gasteiger partial charge < -0.3 is 20.1 Å². The Morgan fingerprint density at radius 1 is 1.32 bits per heavy atom. The molecule has 0 radical (unpaired) electrons. The van der Waals surface area contributed by atoms with E-state index in [1.54, 1.807) is 11.8 Å². The van der Waals surface area contributed by atoms with Crippen LogP contribution in [0.2, 0.25) is 0 Å². The van der Waals surface area contributed by atoms with Crippen molar-refractivity contribution in [3.63, 3.8) is 0 Å². The molecule has 0 aliphatic carbocycles. The molecule has 2 rings (SSSR count). The number of piperidine rings is 1. The number of likely N-dealkylation sites (tertiary alicyclic amines) is 1. The monoisotopic (exact) mass is 270 g/mol. The number of carbonyl (C=O) groups is 2. The first kappa shape index (κ1) is 14.3. The van der Waals surface area contributed by atoms with Gasteiger partial charge in [-0.05, 0) is 39.3 Å². The van der Waals surface area contributed by atoms with Crippen LogP contribution in [-0.2, 0) is 14.3 Å². The molecule has 2 atom stereocenters. The Balaban J connectivity index is 1.78. The topological polar surface area (TPSA) is 78.9 Å². The minimum absolute atomic E-state index is 0.0708. The highest BCUT2D eigenvalue weighted by Crippen LogP contribution is 2.24. The summed E-state index contributed by atoms with van der Waals surface area (Å²) in [5.41, 5.74) is 0. The molecule has 2 N–H and O–H groups in total. The summed E-state index contributed by atoms with van der Waals surface area (Å²) in [6.45, 7) is 4.25. The molecule has 0 spiro atoms. The minimum atomic E-state index is -0.818. The molecule has 2 fully saturated rings. The molecule has 0 bridgehead atoms. The fourth-order valence-corrected chi connectivity index (χ4v) is 2.86. The lowest BCUT2D eigenvalue weighted by atomic mass is 10.0. The van der Waals surface area contributed by atoms with Crippen molar-refractivity contribution < 1.29 is 19.4 Å². The van der Waals surface area contributed by atoms with E-state index in [0.29, 0.717) is 13.0 Å². The number of nitrogens with zero attached hydrogens (tertiary/aromatic N) is 1. The third-order valence-electron chi connectivity index (χ3n) is 4.12. The molecule has 2 aliphatic rings. The van der Waals surface area contributed by atoms with E-state index in [0.717, 1.165) is 25.9 Å². The van der Waals surface area contributed by atoms with Crippen LogP contribution in [0.1, 0.15) is 26.2 Å². The summed E-state index contributed by atoms with van der Waals surface area (Å²) in [7, 11) is 0. The van der Waals surface area contributed by atoms with E-state index < -0.39 is 11.9 Å². The van der Waals surface area contributed by atoms with Crippen molar-refractivity contribution in [2.24, 2.45) is 5.92 Å². The second-order valence-corrected chi connectivity index (χ2v) is 5.32. The Kier molecular flexibility index (Phi) is 4.76. The summed E-state index contributed by atoms with van der Waals surface area (Å²) in [5.74, 6) is -1.35. The average Bonchev–Trinajstić information content (AvgIpc) is 2.79. The van der Waals surface area contributed by atoms with Gasteiger partial charge in [0, 0.05) is 12.6 Å². The van der Waals surface area contributed by atoms with Gasteiger partial charge in [-0.25, -0.2) is 0 Å². The maximum absolute atomic E-state index is 12.1. The predicted octanol–water partition coefficient (Wildman–Crippen LogP) is 0.0766. The molecular weight excluding hydrogens is 248 g/mol. The zero-order valence-electron chi connectivity index (χ0n) is 11.3. The van der Waals surface area contributed by atoms with Gasteiger partial charge in [-0.3, -0.25) is 9.59 Å². The summed E-state index contributed by atoms with van der Waals surface area (Å²) in [6.07, 6.45) is 2.55. The van der Waals surface area contributed by atoms with Crippen LogP contribution >= 0.6 is 0 Å². The number of hydrogen-bond donors (Lipinski definition) is 2. The van der Waals surface area contributed by atoms with Gasteiger partial charge in [-0.15, -0.1) is 0 Å². The standard InChI is InChI=1S/C13H22N2O4/c1-9-11(13(17)18)4-7-15(9)12(16)8-19-10-2-5-14-6-3-10/h9-11,14H,2-8H2,1H3,(H,17,18). The SMILES string of the molecule is CC1C(C(=O)O)CCN1C(=O)COC1CCNCC1. The van der Waals surface area contributed by atoms with E-state index in [1.165, 1.54) is 0 Å². The van der Waals surface area contributed by atoms with E-state index in [4.69, 9.17) is 9.84 Å². The predicted molar refractivity (Wildman–Crippen MR) is 68.8 cm³/mol. The maximum Gasteiger partial charge on any atom is 0.308 e. The molecule has 6 nitrogen and oxygen atoms in total. The Labute approximate surface area is 113 Å². The van der Waals surface area contributed by atoms with E-state index >= 15 is 0 Å². The molecule has 2 heterocycles. The van der Waals surface area contributed by atoms with E-state index in [2.05, 4.69) is 5.32 Å². The van der Waals surface area contributed by atoms with Crippen molar-refractivity contribution in [3.8, 4) is 0 Å². The largest absolute Gasteiger partial charge is 0.481 e. The molecule has 0 aromatic heterocycles. The van der Waals surface area contributed by atoms with Crippen molar-refractivity contribution in [1.29, 1.82) is 0 Å². The van der Waals surface area contributed by atoms with Gasteiger partial charge in [0.15, 0.2) is 0 Å². The third-order valence-corrected chi connectivity index (χ3v) is 4.12. The normalized spacial score (nSPS) is 28.6. The Bertz CT molecular complexity index is 342. The number of carboxylic acid groups (broad SMARTS) is 1. The minimum Gasteiger partial charge on any atom is -0.481 e. The Morgan fingerprint density at radius 3 is 2.58 bits per heavy atom. The highest BCUT2D eigenvalue weighted by atomic mass is 16.5. The first-order chi connectivity index (χ1) is 9.09. The van der Waals surface area contributed by atoms with Crippen molar-refractivity contribution in [2.75, 3.05) is 26.2 Å². The average molecular weight is 270 g/mol. The van der Waals surface area contributed by atoms with Gasteiger partial charge in [-0.1, -0.05) is 0 Å². The van der Waals surface area contributed by atoms with Gasteiger partial charge in [0.25, 0.3) is 0 Å². The summed E-state index contributed by atoms with van der Waals surface area (Å²) < 4.78 is 5.62. The molecule has 6 heteroatoms. The van der Waals surface area contributed by atoms with Gasteiger partial charge in [0.2, 0.25) is 5.91 Å². The Morgan fingerprint density at radius 2 is 2.00 bits per heavy atom. The van der Waals surface area contributed by atoms with Crippen LogP contribution in [-0.4, -0.2) is 60.3 Å². The molecular formula is C13H22N2O4. The number of hydrogen-bond acceptors (Lipinski definition) is 4. The molecule has 1 amide bonds. The number of aliphatic carboxylic acids is 1. The number of ether oxygens (including phenoxy) is 1. The van der Waals surface area contributed by atoms with Crippen LogP contribution in [0.4, 0.5) is 0 Å². The zero-order chi connectivity index (χ0) is 13.8. The van der Waals surface area contributed by atoms with Gasteiger partial charge >= 0.3 is 5.97 Å². The second kappa shape index (κ2) is 6.34. The molecule has 19 heavy (non-hydrogen) atoms. The van der Waals surface area contributed by atoms with Crippen molar-refractivity contribution >= 4 is 11.9 Å². The fourth-order valence-electron chi connectivity index (χ4n) is 2.86. The lowest BCUT2D eigenvalue weighted by Gasteiger charge is -2.26. The molecule has 108 valence electrons. The number of amides is 1. The first-order valence-corrected chi connectivity index (χ1v) is 6.94. The molecule has 0 aromatic rings. The highest BCUT2D eigenvalue weighted by molar-refractivity contribution is 5.80. The summed E-state index contributed by atoms with van der Waals surface area (Å²) in [4.78, 5) is 24.7. The van der Waals surface area contributed by atoms with E-state index in [1.807, 2.05) is 0 Å². The summed E-state index contributed by atoms with van der Waals surface area (Å²) >= 11 is 0. The number of carbonyl (C=O) groups excluding carboxylic acids is 1. The van der Waals surface area contributed by atoms with Crippen LogP contribution in [0.25, 0.3) is 0 Å². The molecule has 0 aromatic carbocycles. The fraction of sp³-hybridized carbons (Fsp3) is 0.846. The van der Waals surface area contributed by atoms with E-state index in [-0.39, 0.29) is 24.7 Å².